The van der Waals surface area contributed by atoms with E-state index in [0.717, 1.165) is 35.4 Å². The van der Waals surface area contributed by atoms with E-state index in [9.17, 15) is 4.79 Å². The van der Waals surface area contributed by atoms with Crippen LogP contribution in [0.15, 0.2) is 41.1 Å². The van der Waals surface area contributed by atoms with Gasteiger partial charge in [0, 0.05) is 38.0 Å². The molecule has 2 aromatic heterocycles. The molecule has 29 heavy (non-hydrogen) atoms. The summed E-state index contributed by atoms with van der Waals surface area (Å²) in [5.41, 5.74) is 4.10. The van der Waals surface area contributed by atoms with Crippen molar-refractivity contribution in [3.8, 4) is 11.3 Å². The maximum atomic E-state index is 13.2. The summed E-state index contributed by atoms with van der Waals surface area (Å²) in [4.78, 5) is 26.3. The summed E-state index contributed by atoms with van der Waals surface area (Å²) in [7, 11) is 3.81. The van der Waals surface area contributed by atoms with Crippen LogP contribution in [0, 0.1) is 13.8 Å². The molecule has 1 aliphatic heterocycles. The van der Waals surface area contributed by atoms with Crippen LogP contribution < -0.4 is 4.90 Å². The summed E-state index contributed by atoms with van der Waals surface area (Å²) >= 11 is 0. The van der Waals surface area contributed by atoms with Crippen LogP contribution in [-0.2, 0) is 0 Å². The molecule has 3 heterocycles. The minimum absolute atomic E-state index is 0.0227. The van der Waals surface area contributed by atoms with E-state index in [1.807, 2.05) is 68.1 Å². The summed E-state index contributed by atoms with van der Waals surface area (Å²) in [6.45, 7) is 4.59. The molecule has 0 aliphatic carbocycles. The van der Waals surface area contributed by atoms with Crippen molar-refractivity contribution in [2.24, 2.45) is 0 Å². The van der Waals surface area contributed by atoms with Gasteiger partial charge in [0.05, 0.1) is 23.0 Å². The minimum atomic E-state index is -0.135. The average molecular weight is 391 g/mol. The summed E-state index contributed by atoms with van der Waals surface area (Å²) in [6.07, 6.45) is 3.56. The Morgan fingerprint density at radius 1 is 1.21 bits per heavy atom. The van der Waals surface area contributed by atoms with E-state index in [0.29, 0.717) is 23.8 Å². The molecule has 0 N–H and O–H groups in total. The number of carbonyl (C=O) groups is 1. The van der Waals surface area contributed by atoms with Crippen molar-refractivity contribution in [3.05, 3.63) is 59.0 Å². The molecule has 1 fully saturated rings. The molecule has 0 bridgehead atoms. The number of likely N-dealkylation sites (tertiary alicyclic amines) is 1. The normalized spacial score (nSPS) is 16.3. The van der Waals surface area contributed by atoms with E-state index < -0.39 is 0 Å². The second-order valence-corrected chi connectivity index (χ2v) is 7.61. The minimum Gasteiger partial charge on any atom is -0.356 e. The van der Waals surface area contributed by atoms with Gasteiger partial charge in [0.25, 0.3) is 5.91 Å². The van der Waals surface area contributed by atoms with Gasteiger partial charge in [-0.2, -0.15) is 0 Å². The Morgan fingerprint density at radius 3 is 2.62 bits per heavy atom. The Labute approximate surface area is 170 Å². The lowest BCUT2D eigenvalue weighted by atomic mass is 10.0. The summed E-state index contributed by atoms with van der Waals surface area (Å²) < 4.78 is 5.62. The first kappa shape index (κ1) is 19.1. The molecule has 7 heteroatoms. The molecule has 1 aliphatic rings. The predicted octanol–water partition coefficient (Wildman–Crippen LogP) is 3.79. The maximum Gasteiger partial charge on any atom is 0.254 e. The van der Waals surface area contributed by atoms with Crippen molar-refractivity contribution in [3.63, 3.8) is 0 Å². The zero-order valence-corrected chi connectivity index (χ0v) is 17.2. The fourth-order valence-corrected chi connectivity index (χ4v) is 3.74. The number of hydrogen-bond donors (Lipinski definition) is 0. The molecule has 0 saturated carbocycles. The summed E-state index contributed by atoms with van der Waals surface area (Å²) in [5, 5.41) is 4.10. The monoisotopic (exact) mass is 391 g/mol. The molecule has 1 saturated heterocycles. The van der Waals surface area contributed by atoms with Gasteiger partial charge >= 0.3 is 0 Å². The van der Waals surface area contributed by atoms with Gasteiger partial charge in [-0.25, -0.2) is 9.97 Å². The van der Waals surface area contributed by atoms with E-state index in [4.69, 9.17) is 9.51 Å². The molecular formula is C22H25N5O2. The first-order valence-corrected chi connectivity index (χ1v) is 9.81. The molecular weight excluding hydrogens is 366 g/mol. The van der Waals surface area contributed by atoms with Gasteiger partial charge < -0.3 is 14.3 Å². The van der Waals surface area contributed by atoms with Gasteiger partial charge in [-0.05, 0) is 38.8 Å². The van der Waals surface area contributed by atoms with Crippen LogP contribution >= 0.6 is 0 Å². The third-order valence-corrected chi connectivity index (χ3v) is 5.46. The standard InChI is InChI=1S/C22H25N5O2/c1-14-15(2)25-29-20(14)17-13-23-22(26(3)4)24-19(17)18-11-8-12-27(18)21(28)16-9-6-5-7-10-16/h5-7,9-10,13,18H,8,11-12H2,1-4H3. The molecule has 1 aromatic carbocycles. The second kappa shape index (κ2) is 7.66. The largest absolute Gasteiger partial charge is 0.356 e. The van der Waals surface area contributed by atoms with Gasteiger partial charge in [0.1, 0.15) is 0 Å². The fourth-order valence-electron chi connectivity index (χ4n) is 3.74. The summed E-state index contributed by atoms with van der Waals surface area (Å²) in [5.74, 6) is 1.30. The highest BCUT2D eigenvalue weighted by Crippen LogP contribution is 2.39. The number of aromatic nitrogens is 3. The first-order valence-electron chi connectivity index (χ1n) is 9.81. The number of carbonyl (C=O) groups excluding carboxylic acids is 1. The third kappa shape index (κ3) is 3.48. The molecule has 150 valence electrons. The number of aryl methyl sites for hydroxylation is 1. The lowest BCUT2D eigenvalue weighted by molar-refractivity contribution is 0.0733. The fraction of sp³-hybridized carbons (Fsp3) is 0.364. The van der Waals surface area contributed by atoms with E-state index in [2.05, 4.69) is 10.1 Å². The first-order chi connectivity index (χ1) is 14.0. The molecule has 1 atom stereocenters. The van der Waals surface area contributed by atoms with Gasteiger partial charge in [-0.1, -0.05) is 23.4 Å². The Balaban J connectivity index is 1.80. The van der Waals surface area contributed by atoms with Crippen LogP contribution in [0.3, 0.4) is 0 Å². The van der Waals surface area contributed by atoms with Crippen LogP contribution in [-0.4, -0.2) is 46.6 Å². The molecule has 1 amide bonds. The van der Waals surface area contributed by atoms with Crippen LogP contribution in [0.1, 0.15) is 46.2 Å². The Bertz CT molecular complexity index is 1030. The number of amides is 1. The third-order valence-electron chi connectivity index (χ3n) is 5.46. The zero-order chi connectivity index (χ0) is 20.5. The van der Waals surface area contributed by atoms with Crippen LogP contribution in [0.2, 0.25) is 0 Å². The number of hydrogen-bond acceptors (Lipinski definition) is 6. The number of rotatable bonds is 4. The van der Waals surface area contributed by atoms with Crippen molar-refractivity contribution in [2.75, 3.05) is 25.5 Å². The molecule has 4 rings (SSSR count). The maximum absolute atomic E-state index is 13.2. The second-order valence-electron chi connectivity index (χ2n) is 7.61. The van der Waals surface area contributed by atoms with E-state index >= 15 is 0 Å². The van der Waals surface area contributed by atoms with Crippen molar-refractivity contribution in [1.82, 2.24) is 20.0 Å². The van der Waals surface area contributed by atoms with E-state index in [1.54, 1.807) is 6.20 Å². The molecule has 0 radical (unpaired) electrons. The lowest BCUT2D eigenvalue weighted by Gasteiger charge is -2.26. The van der Waals surface area contributed by atoms with Crippen LogP contribution in [0.4, 0.5) is 5.95 Å². The van der Waals surface area contributed by atoms with Crippen molar-refractivity contribution >= 4 is 11.9 Å². The summed E-state index contributed by atoms with van der Waals surface area (Å²) in [6, 6.07) is 9.27. The number of nitrogens with zero attached hydrogens (tertiary/aromatic N) is 5. The van der Waals surface area contributed by atoms with Crippen LogP contribution in [0.5, 0.6) is 0 Å². The quantitative estimate of drug-likeness (QED) is 0.674. The van der Waals surface area contributed by atoms with E-state index in [-0.39, 0.29) is 11.9 Å². The predicted molar refractivity (Wildman–Crippen MR) is 111 cm³/mol. The smallest absolute Gasteiger partial charge is 0.254 e. The highest BCUT2D eigenvalue weighted by atomic mass is 16.5. The van der Waals surface area contributed by atoms with Crippen molar-refractivity contribution in [1.29, 1.82) is 0 Å². The van der Waals surface area contributed by atoms with E-state index in [1.165, 1.54) is 0 Å². The Kier molecular flexibility index (Phi) is 5.05. The van der Waals surface area contributed by atoms with Gasteiger partial charge in [0.2, 0.25) is 5.95 Å². The number of anilines is 1. The van der Waals surface area contributed by atoms with Crippen molar-refractivity contribution in [2.45, 2.75) is 32.7 Å². The average Bonchev–Trinajstić information content (AvgIpc) is 3.35. The molecule has 3 aromatic rings. The molecule has 1 unspecified atom stereocenters. The lowest BCUT2D eigenvalue weighted by Crippen LogP contribution is -2.31. The highest BCUT2D eigenvalue weighted by molar-refractivity contribution is 5.94. The Morgan fingerprint density at radius 2 is 1.97 bits per heavy atom. The highest BCUT2D eigenvalue weighted by Gasteiger charge is 2.34. The number of benzene rings is 1. The van der Waals surface area contributed by atoms with Crippen molar-refractivity contribution < 1.29 is 9.32 Å². The SMILES string of the molecule is Cc1noc(-c2cnc(N(C)C)nc2C2CCCN2C(=O)c2ccccc2)c1C. The van der Waals surface area contributed by atoms with Gasteiger partial charge in [-0.3, -0.25) is 4.79 Å². The zero-order valence-electron chi connectivity index (χ0n) is 17.2. The van der Waals surface area contributed by atoms with Crippen LogP contribution in [0.25, 0.3) is 11.3 Å². The Hall–Kier alpha value is -3.22. The molecule has 7 nitrogen and oxygen atoms in total. The van der Waals surface area contributed by atoms with Gasteiger partial charge in [0.15, 0.2) is 5.76 Å². The van der Waals surface area contributed by atoms with Gasteiger partial charge in [-0.15, -0.1) is 0 Å². The molecule has 0 spiro atoms. The topological polar surface area (TPSA) is 75.4 Å².